The Morgan fingerprint density at radius 2 is 1.97 bits per heavy atom. The average Bonchev–Trinajstić information content (AvgIpc) is 3.30. The summed E-state index contributed by atoms with van der Waals surface area (Å²) in [6, 6.07) is 12.1. The molecule has 4 aromatic rings. The highest BCUT2D eigenvalue weighted by Crippen LogP contribution is 2.23. The number of rotatable bonds is 7. The van der Waals surface area contributed by atoms with Crippen LogP contribution in [0.15, 0.2) is 52.7 Å². The van der Waals surface area contributed by atoms with Gasteiger partial charge in [0.15, 0.2) is 5.82 Å². The van der Waals surface area contributed by atoms with Crippen LogP contribution in [0.3, 0.4) is 0 Å². The number of thiazole rings is 1. The molecule has 2 aromatic heterocycles. The largest absolute Gasteiger partial charge is 0.496 e. The van der Waals surface area contributed by atoms with Crippen LogP contribution in [0.5, 0.6) is 5.75 Å². The third-order valence-electron chi connectivity index (χ3n) is 4.60. The van der Waals surface area contributed by atoms with E-state index < -0.39 is 10.0 Å². The number of ether oxygens (including phenoxy) is 1. The molecule has 30 heavy (non-hydrogen) atoms. The molecule has 0 aliphatic heterocycles. The first-order chi connectivity index (χ1) is 14.4. The van der Waals surface area contributed by atoms with Crippen LogP contribution < -0.4 is 9.46 Å². The van der Waals surface area contributed by atoms with Gasteiger partial charge in [-0.3, -0.25) is 0 Å². The van der Waals surface area contributed by atoms with Gasteiger partial charge in [-0.25, -0.2) is 17.7 Å². The predicted octanol–water partition coefficient (Wildman–Crippen LogP) is 3.95. The summed E-state index contributed by atoms with van der Waals surface area (Å²) in [6.07, 6.45) is 0.484. The van der Waals surface area contributed by atoms with Gasteiger partial charge in [0, 0.05) is 28.9 Å². The van der Waals surface area contributed by atoms with Gasteiger partial charge in [-0.2, -0.15) is 4.98 Å². The van der Waals surface area contributed by atoms with E-state index in [0.29, 0.717) is 23.0 Å². The smallest absolute Gasteiger partial charge is 0.240 e. The number of nitrogens with zero attached hydrogens (tertiary/aromatic N) is 3. The normalized spacial score (nSPS) is 11.8. The third-order valence-corrected chi connectivity index (χ3v) is 7.18. The molecule has 0 spiro atoms. The van der Waals surface area contributed by atoms with Crippen molar-refractivity contribution in [2.24, 2.45) is 0 Å². The van der Waals surface area contributed by atoms with E-state index in [1.165, 1.54) is 17.4 Å². The Labute approximate surface area is 183 Å². The molecule has 2 heterocycles. The van der Waals surface area contributed by atoms with E-state index in [-0.39, 0.29) is 11.4 Å². The maximum absolute atomic E-state index is 12.6. The van der Waals surface area contributed by atoms with Crippen molar-refractivity contribution in [3.63, 3.8) is 0 Å². The van der Waals surface area contributed by atoms with Crippen molar-refractivity contribution in [1.29, 1.82) is 0 Å². The summed E-state index contributed by atoms with van der Waals surface area (Å²) in [4.78, 5) is 5.50. The SMILES string of the molecule is COc1ccc(S(=O)(=O)NCCc2csc3nc(-c4ccc(Cl)cc4)nn23)cc1C. The number of aryl methyl sites for hydroxylation is 1. The lowest BCUT2D eigenvalue weighted by atomic mass is 10.2. The summed E-state index contributed by atoms with van der Waals surface area (Å²) < 4.78 is 34.8. The molecule has 0 bridgehead atoms. The Morgan fingerprint density at radius 1 is 1.20 bits per heavy atom. The fourth-order valence-electron chi connectivity index (χ4n) is 3.03. The lowest BCUT2D eigenvalue weighted by Crippen LogP contribution is -2.26. The van der Waals surface area contributed by atoms with Gasteiger partial charge in [0.2, 0.25) is 15.0 Å². The van der Waals surface area contributed by atoms with Crippen molar-refractivity contribution in [3.8, 4) is 17.1 Å². The van der Waals surface area contributed by atoms with Gasteiger partial charge < -0.3 is 4.74 Å². The lowest BCUT2D eigenvalue weighted by Gasteiger charge is -2.09. The molecular formula is C20H19ClN4O3S2. The number of fused-ring (bicyclic) bond motifs is 1. The van der Waals surface area contributed by atoms with E-state index in [0.717, 1.165) is 21.8 Å². The van der Waals surface area contributed by atoms with Gasteiger partial charge in [0.05, 0.1) is 17.7 Å². The molecule has 10 heteroatoms. The van der Waals surface area contributed by atoms with Gasteiger partial charge in [0.25, 0.3) is 0 Å². The summed E-state index contributed by atoms with van der Waals surface area (Å²) in [7, 11) is -2.06. The fraction of sp³-hybridized carbons (Fsp3) is 0.200. The first kappa shape index (κ1) is 20.8. The molecule has 0 saturated heterocycles. The van der Waals surface area contributed by atoms with E-state index in [4.69, 9.17) is 16.3 Å². The summed E-state index contributed by atoms with van der Waals surface area (Å²) in [5.41, 5.74) is 2.52. The summed E-state index contributed by atoms with van der Waals surface area (Å²) in [5.74, 6) is 1.26. The summed E-state index contributed by atoms with van der Waals surface area (Å²) in [6.45, 7) is 2.05. The molecule has 1 N–H and O–H groups in total. The molecule has 0 aliphatic carbocycles. The fourth-order valence-corrected chi connectivity index (χ4v) is 5.13. The van der Waals surface area contributed by atoms with E-state index in [1.54, 1.807) is 35.9 Å². The second-order valence-electron chi connectivity index (χ2n) is 6.64. The molecule has 7 nitrogen and oxygen atoms in total. The molecule has 0 atom stereocenters. The van der Waals surface area contributed by atoms with Gasteiger partial charge in [-0.05, 0) is 55.0 Å². The number of hydrogen-bond acceptors (Lipinski definition) is 6. The number of nitrogens with one attached hydrogen (secondary N) is 1. The number of benzene rings is 2. The van der Waals surface area contributed by atoms with Crippen molar-refractivity contribution < 1.29 is 13.2 Å². The zero-order valence-electron chi connectivity index (χ0n) is 16.3. The maximum atomic E-state index is 12.6. The lowest BCUT2D eigenvalue weighted by molar-refractivity contribution is 0.411. The Morgan fingerprint density at radius 3 is 2.67 bits per heavy atom. The first-order valence-corrected chi connectivity index (χ1v) is 11.8. The highest BCUT2D eigenvalue weighted by molar-refractivity contribution is 7.89. The first-order valence-electron chi connectivity index (χ1n) is 9.11. The Bertz CT molecular complexity index is 1300. The van der Waals surface area contributed by atoms with E-state index in [1.807, 2.05) is 24.4 Å². The third kappa shape index (κ3) is 4.20. The predicted molar refractivity (Wildman–Crippen MR) is 118 cm³/mol. The molecule has 0 radical (unpaired) electrons. The monoisotopic (exact) mass is 462 g/mol. The van der Waals surface area contributed by atoms with Crippen LogP contribution in [-0.2, 0) is 16.4 Å². The summed E-state index contributed by atoms with van der Waals surface area (Å²) >= 11 is 7.40. The molecular weight excluding hydrogens is 444 g/mol. The Kier molecular flexibility index (Phi) is 5.79. The average molecular weight is 463 g/mol. The Balaban J connectivity index is 1.47. The standard InChI is InChI=1S/C20H19ClN4O3S2/c1-13-11-17(7-8-18(13)28-2)30(26,27)22-10-9-16-12-29-20-23-19(24-25(16)20)14-3-5-15(21)6-4-14/h3-8,11-12,22H,9-10H2,1-2H3. The second-order valence-corrected chi connectivity index (χ2v) is 9.68. The van der Waals surface area contributed by atoms with Crippen molar-refractivity contribution in [3.05, 3.63) is 64.1 Å². The zero-order valence-corrected chi connectivity index (χ0v) is 18.7. The van der Waals surface area contributed by atoms with Crippen molar-refractivity contribution in [2.45, 2.75) is 18.2 Å². The number of methoxy groups -OCH3 is 1. The van der Waals surface area contributed by atoms with Crippen LogP contribution in [0.1, 0.15) is 11.3 Å². The minimum absolute atomic E-state index is 0.210. The Hall–Kier alpha value is -2.46. The van der Waals surface area contributed by atoms with E-state index in [2.05, 4.69) is 14.8 Å². The topological polar surface area (TPSA) is 85.6 Å². The quantitative estimate of drug-likeness (QED) is 0.449. The van der Waals surface area contributed by atoms with Gasteiger partial charge >= 0.3 is 0 Å². The molecule has 156 valence electrons. The second kappa shape index (κ2) is 8.35. The van der Waals surface area contributed by atoms with Crippen molar-refractivity contribution in [1.82, 2.24) is 19.3 Å². The molecule has 4 rings (SSSR count). The van der Waals surface area contributed by atoms with Crippen molar-refractivity contribution >= 4 is 37.9 Å². The zero-order chi connectivity index (χ0) is 21.3. The van der Waals surface area contributed by atoms with Crippen LogP contribution in [0.2, 0.25) is 5.02 Å². The number of halogens is 1. The van der Waals surface area contributed by atoms with Gasteiger partial charge in [0.1, 0.15) is 5.75 Å². The van der Waals surface area contributed by atoms with Crippen LogP contribution >= 0.6 is 22.9 Å². The number of hydrogen-bond donors (Lipinski definition) is 1. The molecule has 0 aliphatic rings. The van der Waals surface area contributed by atoms with Crippen LogP contribution in [0, 0.1) is 6.92 Å². The van der Waals surface area contributed by atoms with Crippen LogP contribution in [-0.4, -0.2) is 36.7 Å². The van der Waals surface area contributed by atoms with Crippen LogP contribution in [0.4, 0.5) is 0 Å². The number of aromatic nitrogens is 3. The van der Waals surface area contributed by atoms with E-state index >= 15 is 0 Å². The van der Waals surface area contributed by atoms with Crippen LogP contribution in [0.25, 0.3) is 16.3 Å². The van der Waals surface area contributed by atoms with E-state index in [9.17, 15) is 8.42 Å². The highest BCUT2D eigenvalue weighted by Gasteiger charge is 2.16. The van der Waals surface area contributed by atoms with Gasteiger partial charge in [-0.1, -0.05) is 11.6 Å². The number of sulfonamides is 1. The molecule has 0 amide bonds. The molecule has 2 aromatic carbocycles. The van der Waals surface area contributed by atoms with Gasteiger partial charge in [-0.15, -0.1) is 16.4 Å². The minimum atomic E-state index is -3.62. The maximum Gasteiger partial charge on any atom is 0.240 e. The summed E-state index contributed by atoms with van der Waals surface area (Å²) in [5, 5.41) is 7.15. The minimum Gasteiger partial charge on any atom is -0.496 e. The molecule has 0 unspecified atom stereocenters. The molecule has 0 saturated carbocycles. The van der Waals surface area contributed by atoms with Crippen molar-refractivity contribution in [2.75, 3.05) is 13.7 Å². The highest BCUT2D eigenvalue weighted by atomic mass is 35.5. The molecule has 0 fully saturated rings.